The molecule has 0 radical (unpaired) electrons. The molecule has 3 heterocycles. The fourth-order valence-electron chi connectivity index (χ4n) is 5.62. The van der Waals surface area contributed by atoms with Crippen molar-refractivity contribution in [2.24, 2.45) is 0 Å². The molecule has 38 heavy (non-hydrogen) atoms. The van der Waals surface area contributed by atoms with E-state index in [2.05, 4.69) is 4.90 Å². The number of rotatable bonds is 8. The normalized spacial score (nSPS) is 22.9. The van der Waals surface area contributed by atoms with E-state index in [4.69, 9.17) is 9.47 Å². The minimum Gasteiger partial charge on any atom is -0.507 e. The van der Waals surface area contributed by atoms with Gasteiger partial charge in [0, 0.05) is 50.0 Å². The van der Waals surface area contributed by atoms with Gasteiger partial charge in [-0.1, -0.05) is 25.1 Å². The number of carbonyl (C=O) groups is 3. The average molecular weight is 520 g/mol. The van der Waals surface area contributed by atoms with Gasteiger partial charge in [-0.05, 0) is 43.2 Å². The summed E-state index contributed by atoms with van der Waals surface area (Å²) in [7, 11) is 1.63. The Morgan fingerprint density at radius 3 is 2.45 bits per heavy atom. The van der Waals surface area contributed by atoms with Crippen molar-refractivity contribution < 1.29 is 29.0 Å². The Morgan fingerprint density at radius 2 is 1.74 bits per heavy atom. The van der Waals surface area contributed by atoms with Crippen LogP contribution >= 0.6 is 0 Å². The maximum absolute atomic E-state index is 14.1. The fraction of sp³-hybridized carbons (Fsp3) is 0.414. The first kappa shape index (κ1) is 25.9. The second kappa shape index (κ2) is 10.6. The second-order valence-electron chi connectivity index (χ2n) is 9.78. The molecule has 0 unspecified atom stereocenters. The molecule has 9 nitrogen and oxygen atoms in total. The number of nitrogens with zero attached hydrogens (tertiary/aromatic N) is 3. The summed E-state index contributed by atoms with van der Waals surface area (Å²) in [6, 6.07) is 13.8. The van der Waals surface area contributed by atoms with E-state index in [1.807, 2.05) is 6.92 Å². The summed E-state index contributed by atoms with van der Waals surface area (Å²) in [6.45, 7) is 6.37. The highest BCUT2D eigenvalue weighted by molar-refractivity contribution is 6.50. The number of Topliss-reactive ketones (excluding diaryl/α,β-unsaturated/α-hetero) is 1. The van der Waals surface area contributed by atoms with Crippen molar-refractivity contribution in [3.8, 4) is 5.75 Å². The Kier molecular flexibility index (Phi) is 7.23. The third-order valence-electron chi connectivity index (χ3n) is 7.50. The molecule has 200 valence electrons. The number of carbonyl (C=O) groups excluding carboxylic acids is 3. The van der Waals surface area contributed by atoms with E-state index in [-0.39, 0.29) is 17.9 Å². The highest BCUT2D eigenvalue weighted by Crippen LogP contribution is 2.53. The predicted molar refractivity (Wildman–Crippen MR) is 142 cm³/mol. The molecule has 2 amide bonds. The standard InChI is InChI=1S/C29H33N3O6/c1-3-17-38-21-11-9-20(10-12-21)25(33)24-26(34)27(35)32(14-6-13-31-15-18-37-19-16-31)29(24)22-7-4-5-8-23(22)30(2)28(29)36/h4-5,7-12,33H,3,6,13-19H2,1-2H3/t29-/m0/s1. The van der Waals surface area contributed by atoms with Gasteiger partial charge in [0.05, 0.1) is 25.4 Å². The van der Waals surface area contributed by atoms with Crippen LogP contribution < -0.4 is 9.64 Å². The van der Waals surface area contributed by atoms with Gasteiger partial charge < -0.3 is 24.4 Å². The van der Waals surface area contributed by atoms with Crippen LogP contribution in [0.2, 0.25) is 0 Å². The highest BCUT2D eigenvalue weighted by atomic mass is 16.5. The molecule has 2 saturated heterocycles. The topological polar surface area (TPSA) is 99.6 Å². The maximum atomic E-state index is 14.1. The molecule has 2 aromatic rings. The number of fused-ring (bicyclic) bond motifs is 2. The number of amides is 2. The molecular formula is C29H33N3O6. The monoisotopic (exact) mass is 519 g/mol. The van der Waals surface area contributed by atoms with Gasteiger partial charge in [-0.25, -0.2) is 0 Å². The van der Waals surface area contributed by atoms with E-state index in [9.17, 15) is 19.5 Å². The highest BCUT2D eigenvalue weighted by Gasteiger charge is 2.66. The number of para-hydroxylation sites is 1. The summed E-state index contributed by atoms with van der Waals surface area (Å²) in [4.78, 5) is 46.3. The summed E-state index contributed by atoms with van der Waals surface area (Å²) in [5, 5.41) is 11.5. The second-order valence-corrected chi connectivity index (χ2v) is 9.78. The summed E-state index contributed by atoms with van der Waals surface area (Å²) in [6.07, 6.45) is 1.42. The van der Waals surface area contributed by atoms with Crippen molar-refractivity contribution in [1.29, 1.82) is 0 Å². The third-order valence-corrected chi connectivity index (χ3v) is 7.50. The van der Waals surface area contributed by atoms with Gasteiger partial charge in [0.1, 0.15) is 11.5 Å². The number of ether oxygens (including phenoxy) is 2. The largest absolute Gasteiger partial charge is 0.507 e. The molecule has 9 heteroatoms. The number of morpholine rings is 1. The lowest BCUT2D eigenvalue weighted by Crippen LogP contribution is -2.52. The molecular weight excluding hydrogens is 486 g/mol. The lowest BCUT2D eigenvalue weighted by atomic mass is 9.82. The Morgan fingerprint density at radius 1 is 1.03 bits per heavy atom. The number of aliphatic hydroxyl groups excluding tert-OH is 1. The van der Waals surface area contributed by atoms with Gasteiger partial charge in [-0.3, -0.25) is 19.3 Å². The lowest BCUT2D eigenvalue weighted by Gasteiger charge is -2.35. The smallest absolute Gasteiger partial charge is 0.296 e. The number of hydrogen-bond acceptors (Lipinski definition) is 7. The fourth-order valence-corrected chi connectivity index (χ4v) is 5.62. The quantitative estimate of drug-likeness (QED) is 0.325. The van der Waals surface area contributed by atoms with Gasteiger partial charge in [0.2, 0.25) is 0 Å². The van der Waals surface area contributed by atoms with Crippen LogP contribution in [0.25, 0.3) is 5.76 Å². The zero-order valence-electron chi connectivity index (χ0n) is 21.8. The first-order valence-corrected chi connectivity index (χ1v) is 13.1. The minimum atomic E-state index is -1.73. The van der Waals surface area contributed by atoms with Crippen molar-refractivity contribution >= 4 is 29.0 Å². The van der Waals surface area contributed by atoms with Gasteiger partial charge >= 0.3 is 0 Å². The number of ketones is 1. The number of likely N-dealkylation sites (tertiary alicyclic amines) is 1. The molecule has 1 atom stereocenters. The zero-order chi connectivity index (χ0) is 26.9. The molecule has 1 N–H and O–H groups in total. The SMILES string of the molecule is CCCOc1ccc(C(O)=C2C(=O)C(=O)N(CCCN3CCOCC3)[C@]23C(=O)N(C)c2ccccc23)cc1. The maximum Gasteiger partial charge on any atom is 0.296 e. The Balaban J connectivity index is 1.58. The summed E-state index contributed by atoms with van der Waals surface area (Å²) in [5.74, 6) is -1.83. The first-order valence-electron chi connectivity index (χ1n) is 13.1. The van der Waals surface area contributed by atoms with E-state index in [0.29, 0.717) is 55.4 Å². The van der Waals surface area contributed by atoms with Crippen LogP contribution in [0.15, 0.2) is 54.1 Å². The molecule has 3 aliphatic rings. The molecule has 1 spiro atoms. The molecule has 2 fully saturated rings. The summed E-state index contributed by atoms with van der Waals surface area (Å²) in [5.41, 5.74) is -0.474. The number of likely N-dealkylation sites (N-methyl/N-ethyl adjacent to an activating group) is 1. The van der Waals surface area contributed by atoms with Crippen LogP contribution in [0, 0.1) is 0 Å². The van der Waals surface area contributed by atoms with Crippen LogP contribution in [0.3, 0.4) is 0 Å². The van der Waals surface area contributed by atoms with Crippen LogP contribution in [-0.4, -0.2) is 85.6 Å². The third kappa shape index (κ3) is 4.16. The van der Waals surface area contributed by atoms with Crippen molar-refractivity contribution in [2.45, 2.75) is 25.3 Å². The number of benzene rings is 2. The number of anilines is 1. The molecule has 3 aliphatic heterocycles. The van der Waals surface area contributed by atoms with Crippen LogP contribution in [0.4, 0.5) is 5.69 Å². The van der Waals surface area contributed by atoms with Crippen LogP contribution in [0.1, 0.15) is 30.9 Å². The van der Waals surface area contributed by atoms with Gasteiger partial charge in [-0.15, -0.1) is 0 Å². The Hall–Kier alpha value is -3.69. The van der Waals surface area contributed by atoms with E-state index in [1.54, 1.807) is 55.6 Å². The summed E-state index contributed by atoms with van der Waals surface area (Å²) >= 11 is 0. The molecule has 0 aromatic heterocycles. The molecule has 0 saturated carbocycles. The van der Waals surface area contributed by atoms with Crippen molar-refractivity contribution in [1.82, 2.24) is 9.80 Å². The summed E-state index contributed by atoms with van der Waals surface area (Å²) < 4.78 is 11.1. The van der Waals surface area contributed by atoms with E-state index >= 15 is 0 Å². The molecule has 2 aromatic carbocycles. The lowest BCUT2D eigenvalue weighted by molar-refractivity contribution is -0.143. The Bertz CT molecular complexity index is 1270. The minimum absolute atomic E-state index is 0.191. The van der Waals surface area contributed by atoms with E-state index in [0.717, 1.165) is 19.5 Å². The number of aliphatic hydroxyl groups is 1. The average Bonchev–Trinajstić information content (AvgIpc) is 3.31. The molecule has 0 bridgehead atoms. The van der Waals surface area contributed by atoms with Crippen LogP contribution in [-0.2, 0) is 24.7 Å². The van der Waals surface area contributed by atoms with Crippen molar-refractivity contribution in [2.75, 3.05) is 57.9 Å². The predicted octanol–water partition coefficient (Wildman–Crippen LogP) is 2.75. The number of hydrogen-bond donors (Lipinski definition) is 1. The van der Waals surface area contributed by atoms with Gasteiger partial charge in [0.15, 0.2) is 5.54 Å². The van der Waals surface area contributed by atoms with E-state index in [1.165, 1.54) is 9.80 Å². The Labute approximate surface area is 222 Å². The van der Waals surface area contributed by atoms with Gasteiger partial charge in [-0.2, -0.15) is 0 Å². The van der Waals surface area contributed by atoms with Crippen LogP contribution in [0.5, 0.6) is 5.75 Å². The molecule has 5 rings (SSSR count). The zero-order valence-corrected chi connectivity index (χ0v) is 21.8. The van der Waals surface area contributed by atoms with E-state index < -0.39 is 23.1 Å². The van der Waals surface area contributed by atoms with Crippen molar-refractivity contribution in [3.63, 3.8) is 0 Å². The first-order chi connectivity index (χ1) is 18.4. The molecule has 0 aliphatic carbocycles. The van der Waals surface area contributed by atoms with Gasteiger partial charge in [0.25, 0.3) is 17.6 Å². The van der Waals surface area contributed by atoms with Crippen molar-refractivity contribution in [3.05, 3.63) is 65.2 Å².